The second kappa shape index (κ2) is 12.8. The fourth-order valence-electron chi connectivity index (χ4n) is 8.61. The molecule has 5 heteroatoms. The van der Waals surface area contributed by atoms with Gasteiger partial charge in [-0.15, -0.1) is 0 Å². The van der Waals surface area contributed by atoms with E-state index in [1.165, 1.54) is 32.7 Å². The van der Waals surface area contributed by atoms with Crippen molar-refractivity contribution in [3.8, 4) is 51.0 Å². The van der Waals surface area contributed by atoms with Crippen molar-refractivity contribution in [1.29, 1.82) is 0 Å². The van der Waals surface area contributed by atoms with Crippen LogP contribution < -0.4 is 0 Å². The average molecular weight is 741 g/mol. The zero-order chi connectivity index (χ0) is 38.2. The zero-order valence-corrected chi connectivity index (χ0v) is 31.2. The Morgan fingerprint density at radius 1 is 0.328 bits per heavy atom. The first kappa shape index (κ1) is 32.4. The van der Waals surface area contributed by atoms with Crippen molar-refractivity contribution in [3.05, 3.63) is 194 Å². The van der Waals surface area contributed by atoms with E-state index in [1.807, 2.05) is 60.7 Å². The molecular weight excluding hydrogens is 709 g/mol. The van der Waals surface area contributed by atoms with Crippen molar-refractivity contribution >= 4 is 65.3 Å². The van der Waals surface area contributed by atoms with Crippen LogP contribution in [-0.2, 0) is 0 Å². The number of furan rings is 1. The van der Waals surface area contributed by atoms with Gasteiger partial charge in [-0.25, -0.2) is 4.98 Å². The van der Waals surface area contributed by atoms with Crippen LogP contribution in [0.5, 0.6) is 0 Å². The molecule has 0 spiro atoms. The van der Waals surface area contributed by atoms with Crippen LogP contribution in [0.3, 0.4) is 0 Å². The lowest BCUT2D eigenvalue weighted by atomic mass is 9.94. The van der Waals surface area contributed by atoms with E-state index in [0.717, 1.165) is 66.0 Å². The predicted octanol–water partition coefficient (Wildman–Crippen LogP) is 13.8. The number of hydrogen-bond acceptors (Lipinski definition) is 4. The van der Waals surface area contributed by atoms with Crippen molar-refractivity contribution in [2.75, 3.05) is 0 Å². The normalized spacial score (nSPS) is 11.8. The smallest absolute Gasteiger partial charge is 0.238 e. The van der Waals surface area contributed by atoms with Gasteiger partial charge in [0.05, 0.1) is 11.0 Å². The molecule has 0 saturated heterocycles. The van der Waals surface area contributed by atoms with Crippen LogP contribution in [0, 0.1) is 0 Å². The highest BCUT2D eigenvalue weighted by Crippen LogP contribution is 2.39. The topological polar surface area (TPSA) is 56.7 Å². The van der Waals surface area contributed by atoms with Gasteiger partial charge in [0.25, 0.3) is 0 Å². The minimum atomic E-state index is 0.568. The molecule has 12 rings (SSSR count). The van der Waals surface area contributed by atoms with E-state index in [4.69, 9.17) is 19.4 Å². The molecule has 0 fully saturated rings. The summed E-state index contributed by atoms with van der Waals surface area (Å²) in [6, 6.07) is 68.2. The Morgan fingerprint density at radius 2 is 0.948 bits per heavy atom. The third kappa shape index (κ3) is 5.21. The molecule has 0 saturated carbocycles. The van der Waals surface area contributed by atoms with Crippen LogP contribution >= 0.6 is 0 Å². The third-order valence-corrected chi connectivity index (χ3v) is 11.4. The van der Waals surface area contributed by atoms with Crippen molar-refractivity contribution < 1.29 is 4.42 Å². The summed E-state index contributed by atoms with van der Waals surface area (Å²) in [5, 5.41) is 9.42. The van der Waals surface area contributed by atoms with Gasteiger partial charge in [0.2, 0.25) is 5.95 Å². The predicted molar refractivity (Wildman–Crippen MR) is 238 cm³/mol. The molecule has 0 aliphatic carbocycles. The highest BCUT2D eigenvalue weighted by atomic mass is 16.3. The van der Waals surface area contributed by atoms with Gasteiger partial charge in [-0.1, -0.05) is 146 Å². The molecule has 0 unspecified atom stereocenters. The minimum Gasteiger partial charge on any atom is -0.456 e. The number of nitrogens with zero attached hydrogens (tertiary/aromatic N) is 4. The molecule has 0 N–H and O–H groups in total. The zero-order valence-electron chi connectivity index (χ0n) is 31.2. The molecule has 5 nitrogen and oxygen atoms in total. The Bertz CT molecular complexity index is 3510. The Balaban J connectivity index is 0.997. The average Bonchev–Trinajstić information content (AvgIpc) is 3.83. The lowest BCUT2D eigenvalue weighted by Gasteiger charge is -2.11. The van der Waals surface area contributed by atoms with Crippen LogP contribution in [-0.4, -0.2) is 19.5 Å². The van der Waals surface area contributed by atoms with Gasteiger partial charge in [0.1, 0.15) is 11.2 Å². The first-order valence-electron chi connectivity index (χ1n) is 19.5. The summed E-state index contributed by atoms with van der Waals surface area (Å²) >= 11 is 0. The molecule has 270 valence electrons. The van der Waals surface area contributed by atoms with Crippen molar-refractivity contribution in [2.24, 2.45) is 0 Å². The maximum absolute atomic E-state index is 6.56. The lowest BCUT2D eigenvalue weighted by Crippen LogP contribution is -2.06. The van der Waals surface area contributed by atoms with E-state index >= 15 is 0 Å². The Labute approximate surface area is 333 Å². The van der Waals surface area contributed by atoms with E-state index in [2.05, 4.69) is 138 Å². The maximum atomic E-state index is 6.56. The fraction of sp³-hybridized carbons (Fsp3) is 0. The van der Waals surface area contributed by atoms with Crippen LogP contribution in [0.1, 0.15) is 0 Å². The van der Waals surface area contributed by atoms with E-state index in [-0.39, 0.29) is 0 Å². The van der Waals surface area contributed by atoms with Crippen LogP contribution in [0.15, 0.2) is 199 Å². The van der Waals surface area contributed by atoms with Gasteiger partial charge < -0.3 is 4.42 Å². The molecular formula is C53H32N4O. The number of hydrogen-bond donors (Lipinski definition) is 0. The highest BCUT2D eigenvalue weighted by Gasteiger charge is 2.19. The molecule has 0 atom stereocenters. The Morgan fingerprint density at radius 3 is 1.72 bits per heavy atom. The van der Waals surface area contributed by atoms with Crippen molar-refractivity contribution in [2.45, 2.75) is 0 Å². The SMILES string of the molecule is c1ccc(-c2nc(-c3ccccc3)nc(-n3c4ccccc4c4ccc(-c5ccc6c(c5)oc5ccc(-c7cccc8cc9ccccc9cc78)cc56)cc43)n2)cc1. The molecule has 0 bridgehead atoms. The monoisotopic (exact) mass is 740 g/mol. The van der Waals surface area contributed by atoms with E-state index in [0.29, 0.717) is 17.6 Å². The molecule has 3 aromatic heterocycles. The molecule has 0 amide bonds. The van der Waals surface area contributed by atoms with Gasteiger partial charge >= 0.3 is 0 Å². The molecule has 0 aliphatic rings. The van der Waals surface area contributed by atoms with Gasteiger partial charge in [0.15, 0.2) is 11.6 Å². The summed E-state index contributed by atoms with van der Waals surface area (Å²) in [6.07, 6.45) is 0. The lowest BCUT2D eigenvalue weighted by molar-refractivity contribution is 0.669. The van der Waals surface area contributed by atoms with Gasteiger partial charge in [-0.3, -0.25) is 4.57 Å². The molecule has 12 aromatic rings. The molecule has 0 radical (unpaired) electrons. The largest absolute Gasteiger partial charge is 0.456 e. The third-order valence-electron chi connectivity index (χ3n) is 11.4. The second-order valence-corrected chi connectivity index (χ2v) is 14.8. The summed E-state index contributed by atoms with van der Waals surface area (Å²) in [5.74, 6) is 1.82. The first-order valence-corrected chi connectivity index (χ1v) is 19.5. The van der Waals surface area contributed by atoms with Gasteiger partial charge in [-0.05, 0) is 92.3 Å². The molecule has 0 aliphatic heterocycles. The summed E-state index contributed by atoms with van der Waals surface area (Å²) in [4.78, 5) is 15.2. The summed E-state index contributed by atoms with van der Waals surface area (Å²) < 4.78 is 8.73. The number of para-hydroxylation sites is 1. The Hall–Kier alpha value is -7.89. The van der Waals surface area contributed by atoms with E-state index in [9.17, 15) is 0 Å². The fourth-order valence-corrected chi connectivity index (χ4v) is 8.61. The molecule has 3 heterocycles. The van der Waals surface area contributed by atoms with Crippen LogP contribution in [0.4, 0.5) is 0 Å². The molecule has 58 heavy (non-hydrogen) atoms. The van der Waals surface area contributed by atoms with E-state index in [1.54, 1.807) is 0 Å². The minimum absolute atomic E-state index is 0.568. The standard InChI is InChI=1S/C53H32N4O/c1-3-12-33(13-4-1)51-54-52(34-14-5-2-6-15-34)56-53(55-51)57-47-21-10-9-19-42(47)43-25-22-37(31-48(43)57)38-23-26-44-46-30-40(24-27-49(46)58-50(44)32-38)41-20-11-18-39-28-35-16-7-8-17-36(35)29-45(39)41/h1-32H. The highest BCUT2D eigenvalue weighted by molar-refractivity contribution is 6.12. The van der Waals surface area contributed by atoms with Crippen LogP contribution in [0.2, 0.25) is 0 Å². The number of benzene rings is 9. The van der Waals surface area contributed by atoms with Crippen molar-refractivity contribution in [1.82, 2.24) is 19.5 Å². The van der Waals surface area contributed by atoms with Gasteiger partial charge in [0, 0.05) is 32.7 Å². The quantitative estimate of drug-likeness (QED) is 0.165. The van der Waals surface area contributed by atoms with E-state index < -0.39 is 0 Å². The van der Waals surface area contributed by atoms with Crippen LogP contribution in [0.25, 0.3) is 116 Å². The first-order chi connectivity index (χ1) is 28.7. The maximum Gasteiger partial charge on any atom is 0.238 e. The summed E-state index contributed by atoms with van der Waals surface area (Å²) in [6.45, 7) is 0. The number of aromatic nitrogens is 4. The molecule has 9 aromatic carbocycles. The summed E-state index contributed by atoms with van der Waals surface area (Å²) in [7, 11) is 0. The van der Waals surface area contributed by atoms with Gasteiger partial charge in [-0.2, -0.15) is 9.97 Å². The summed E-state index contributed by atoms with van der Waals surface area (Å²) in [5.41, 5.74) is 10.2. The number of rotatable bonds is 5. The van der Waals surface area contributed by atoms with Crippen molar-refractivity contribution in [3.63, 3.8) is 0 Å². The number of fused-ring (bicyclic) bond motifs is 8. The second-order valence-electron chi connectivity index (χ2n) is 14.8. The Kier molecular flexibility index (Phi) is 7.16.